The van der Waals surface area contributed by atoms with Gasteiger partial charge in [-0.2, -0.15) is 0 Å². The lowest BCUT2D eigenvalue weighted by atomic mass is 10.1. The van der Waals surface area contributed by atoms with E-state index in [9.17, 15) is 16.8 Å². The summed E-state index contributed by atoms with van der Waals surface area (Å²) in [6, 6.07) is 1.23. The van der Waals surface area contributed by atoms with Crippen LogP contribution in [0.5, 0.6) is 0 Å². The van der Waals surface area contributed by atoms with E-state index < -0.39 is 25.1 Å². The van der Waals surface area contributed by atoms with Gasteiger partial charge in [-0.3, -0.25) is 0 Å². The van der Waals surface area contributed by atoms with E-state index in [2.05, 4.69) is 5.32 Å². The third kappa shape index (κ3) is 3.02. The van der Waals surface area contributed by atoms with Crippen molar-refractivity contribution in [2.24, 2.45) is 5.14 Å². The molecule has 20 heavy (non-hydrogen) atoms. The van der Waals surface area contributed by atoms with Crippen LogP contribution >= 0.6 is 11.3 Å². The van der Waals surface area contributed by atoms with Crippen LogP contribution in [0.25, 0.3) is 0 Å². The number of nitrogens with one attached hydrogen (secondary N) is 1. The highest BCUT2D eigenvalue weighted by atomic mass is 35.5. The summed E-state index contributed by atoms with van der Waals surface area (Å²) in [5, 5.41) is 7.73. The maximum Gasteiger partial charge on any atom is 0.247 e. The Balaban J connectivity index is 0.00000200. The number of rotatable bonds is 3. The largest absolute Gasteiger partial charge is 1.00 e. The molecule has 3 N–H and O–H groups in total. The Morgan fingerprint density at radius 2 is 2.10 bits per heavy atom. The van der Waals surface area contributed by atoms with Gasteiger partial charge in [-0.1, -0.05) is 6.92 Å². The van der Waals surface area contributed by atoms with Crippen molar-refractivity contribution >= 4 is 31.2 Å². The van der Waals surface area contributed by atoms with Crippen molar-refractivity contribution in [1.82, 2.24) is 5.32 Å². The average molecular weight is 360 g/mol. The number of sulfonamides is 1. The second-order valence-corrected chi connectivity index (χ2v) is 9.96. The summed E-state index contributed by atoms with van der Waals surface area (Å²) >= 11 is 0.742. The number of hydrogen-bond donors (Lipinski definition) is 2. The molecule has 0 saturated carbocycles. The van der Waals surface area contributed by atoms with Crippen LogP contribution in [0.2, 0.25) is 0 Å². The van der Waals surface area contributed by atoms with Gasteiger partial charge >= 0.3 is 0 Å². The predicted octanol–water partition coefficient (Wildman–Crippen LogP) is -2.38. The normalized spacial score (nSPS) is 24.8. The lowest BCUT2D eigenvalue weighted by Crippen LogP contribution is -3.00. The topological polar surface area (TPSA) is 106 Å². The summed E-state index contributed by atoms with van der Waals surface area (Å²) in [6.07, 6.45) is 0.434. The summed E-state index contributed by atoms with van der Waals surface area (Å²) in [5.41, 5.74) is 0.522. The fourth-order valence-electron chi connectivity index (χ4n) is 2.18. The zero-order valence-corrected chi connectivity index (χ0v) is 14.2. The van der Waals surface area contributed by atoms with Crippen molar-refractivity contribution in [3.05, 3.63) is 11.6 Å². The Kier molecular flexibility index (Phi) is 5.27. The molecule has 1 aromatic heterocycles. The highest BCUT2D eigenvalue weighted by molar-refractivity contribution is 7.95. The van der Waals surface area contributed by atoms with Gasteiger partial charge in [0.05, 0.1) is 5.25 Å². The molecule has 0 saturated heterocycles. The number of halogens is 1. The van der Waals surface area contributed by atoms with E-state index in [-0.39, 0.29) is 26.9 Å². The lowest BCUT2D eigenvalue weighted by molar-refractivity contribution is -0.00000900. The predicted molar refractivity (Wildman–Crippen MR) is 73.4 cm³/mol. The molecule has 10 heteroatoms. The Morgan fingerprint density at radius 1 is 1.50 bits per heavy atom. The number of nitrogens with two attached hydrogens (primary N) is 1. The van der Waals surface area contributed by atoms with Crippen molar-refractivity contribution < 1.29 is 29.2 Å². The van der Waals surface area contributed by atoms with Crippen LogP contribution in [-0.2, 0) is 19.9 Å². The molecule has 0 aromatic carbocycles. The molecule has 2 unspecified atom stereocenters. The third-order valence-electron chi connectivity index (χ3n) is 3.16. The van der Waals surface area contributed by atoms with E-state index in [0.717, 1.165) is 11.3 Å². The molecule has 0 bridgehead atoms. The van der Waals surface area contributed by atoms with Crippen molar-refractivity contribution in [1.29, 1.82) is 0 Å². The molecule has 116 valence electrons. The van der Waals surface area contributed by atoms with Crippen LogP contribution in [0.3, 0.4) is 0 Å². The number of thiophene rings is 1. The Hall–Kier alpha value is -0.190. The van der Waals surface area contributed by atoms with Crippen molar-refractivity contribution in [2.45, 2.75) is 40.0 Å². The summed E-state index contributed by atoms with van der Waals surface area (Å²) in [7, 11) is -7.33. The second-order valence-electron chi connectivity index (χ2n) is 4.55. The smallest absolute Gasteiger partial charge is 0.247 e. The minimum atomic E-state index is -3.88. The van der Waals surface area contributed by atoms with Crippen LogP contribution in [0, 0.1) is 0 Å². The molecule has 0 radical (unpaired) electrons. The molecule has 0 aliphatic carbocycles. The van der Waals surface area contributed by atoms with E-state index >= 15 is 0 Å². The van der Waals surface area contributed by atoms with Gasteiger partial charge in [0.2, 0.25) is 10.0 Å². The summed E-state index contributed by atoms with van der Waals surface area (Å²) in [5.74, 6) is 0. The number of fused-ring (bicyclic) bond motifs is 1. The Labute approximate surface area is 129 Å². The zero-order valence-electron chi connectivity index (χ0n) is 11.0. The molecule has 2 atom stereocenters. The Morgan fingerprint density at radius 3 is 2.60 bits per heavy atom. The zero-order chi connectivity index (χ0) is 14.4. The first kappa shape index (κ1) is 17.9. The molecule has 2 heterocycles. The van der Waals surface area contributed by atoms with Crippen LogP contribution in [0.1, 0.15) is 31.9 Å². The fourth-order valence-corrected chi connectivity index (χ4v) is 6.60. The van der Waals surface area contributed by atoms with E-state index in [4.69, 9.17) is 5.14 Å². The van der Waals surface area contributed by atoms with Crippen LogP contribution in [0.4, 0.5) is 0 Å². The molecule has 2 rings (SSSR count). The van der Waals surface area contributed by atoms with Crippen LogP contribution in [-0.4, -0.2) is 28.6 Å². The van der Waals surface area contributed by atoms with Gasteiger partial charge in [0.1, 0.15) is 8.42 Å². The highest BCUT2D eigenvalue weighted by Gasteiger charge is 2.39. The van der Waals surface area contributed by atoms with E-state index in [1.165, 1.54) is 6.07 Å². The van der Waals surface area contributed by atoms with Crippen LogP contribution < -0.4 is 22.9 Å². The summed E-state index contributed by atoms with van der Waals surface area (Å²) < 4.78 is 47.3. The first-order valence-electron chi connectivity index (χ1n) is 5.81. The molecule has 1 aromatic rings. The molecule has 1 aliphatic rings. The molecule has 6 nitrogen and oxygen atoms in total. The molecular formula is C10H16ClN2O4S3-. The number of sulfone groups is 1. The van der Waals surface area contributed by atoms with Gasteiger partial charge in [-0.25, -0.2) is 22.0 Å². The maximum atomic E-state index is 12.2. The standard InChI is InChI=1S/C10H16N2O4S3.ClH/c1-3-12-8-4-6(2)18(13,14)10-7(8)5-9(17-10)19(11,15)16;/h5-6,8,12H,3-4H2,1-2H3,(H2,11,15,16);1H/p-1. The monoisotopic (exact) mass is 359 g/mol. The highest BCUT2D eigenvalue weighted by Crippen LogP contribution is 2.42. The Bertz CT molecular complexity index is 696. The average Bonchev–Trinajstić information content (AvgIpc) is 2.72. The minimum absolute atomic E-state index is 0. The SMILES string of the molecule is CCNC1CC(C)S(=O)(=O)c2sc(S(N)(=O)=O)cc21.[Cl-]. The van der Waals surface area contributed by atoms with Gasteiger partial charge in [-0.05, 0) is 26.0 Å². The van der Waals surface area contributed by atoms with Gasteiger partial charge < -0.3 is 17.7 Å². The van der Waals surface area contributed by atoms with Gasteiger partial charge in [0.25, 0.3) is 0 Å². The summed E-state index contributed by atoms with van der Waals surface area (Å²) in [4.78, 5) is 0. The molecule has 0 fully saturated rings. The van der Waals surface area contributed by atoms with E-state index in [1.54, 1.807) is 6.92 Å². The molecular weight excluding hydrogens is 344 g/mol. The first-order valence-corrected chi connectivity index (χ1v) is 9.72. The minimum Gasteiger partial charge on any atom is -1.00 e. The van der Waals surface area contributed by atoms with E-state index in [1.807, 2.05) is 6.92 Å². The first-order chi connectivity index (χ1) is 8.67. The van der Waals surface area contributed by atoms with Gasteiger partial charge in [0.15, 0.2) is 9.84 Å². The quantitative estimate of drug-likeness (QED) is 0.626. The van der Waals surface area contributed by atoms with Crippen molar-refractivity contribution in [3.8, 4) is 0 Å². The molecule has 0 amide bonds. The van der Waals surface area contributed by atoms with E-state index in [0.29, 0.717) is 18.5 Å². The summed E-state index contributed by atoms with van der Waals surface area (Å²) in [6.45, 7) is 4.23. The maximum absolute atomic E-state index is 12.2. The lowest BCUT2D eigenvalue weighted by Gasteiger charge is -2.27. The number of hydrogen-bond acceptors (Lipinski definition) is 6. The fraction of sp³-hybridized carbons (Fsp3) is 0.600. The second kappa shape index (κ2) is 5.90. The van der Waals surface area contributed by atoms with Crippen LogP contribution in [0.15, 0.2) is 14.5 Å². The third-order valence-corrected chi connectivity index (χ3v) is 8.48. The van der Waals surface area contributed by atoms with Crippen molar-refractivity contribution in [3.63, 3.8) is 0 Å². The number of primary sulfonamides is 1. The molecule has 0 spiro atoms. The van der Waals surface area contributed by atoms with Gasteiger partial charge in [0, 0.05) is 11.6 Å². The van der Waals surface area contributed by atoms with Gasteiger partial charge in [-0.15, -0.1) is 11.3 Å². The molecule has 1 aliphatic heterocycles. The van der Waals surface area contributed by atoms with Crippen molar-refractivity contribution in [2.75, 3.05) is 6.54 Å².